The molecule has 0 fully saturated rings. The Balaban J connectivity index is 1.88. The Morgan fingerprint density at radius 1 is 1.10 bits per heavy atom. The van der Waals surface area contributed by atoms with Crippen LogP contribution in [0.4, 0.5) is 0 Å². The number of aryl methyl sites for hydroxylation is 2. The molecule has 1 nitrogen and oxygen atoms in total. The van der Waals surface area contributed by atoms with Crippen molar-refractivity contribution < 1.29 is 5.11 Å². The minimum Gasteiger partial charge on any atom is -0.385 e. The molecule has 0 saturated heterocycles. The van der Waals surface area contributed by atoms with E-state index >= 15 is 0 Å². The van der Waals surface area contributed by atoms with Gasteiger partial charge in [0.2, 0.25) is 0 Å². The highest BCUT2D eigenvalue weighted by molar-refractivity contribution is 9.10. The summed E-state index contributed by atoms with van der Waals surface area (Å²) in [6, 6.07) is 14.6. The molecule has 1 unspecified atom stereocenters. The average molecular weight is 331 g/mol. The summed E-state index contributed by atoms with van der Waals surface area (Å²) in [5, 5.41) is 10.8. The minimum atomic E-state index is -0.854. The molecule has 3 rings (SSSR count). The zero-order valence-corrected chi connectivity index (χ0v) is 13.3. The third-order valence-electron chi connectivity index (χ3n) is 4.17. The Hall–Kier alpha value is -1.12. The molecule has 0 aromatic heterocycles. The molecular weight excluding hydrogens is 312 g/mol. The first-order chi connectivity index (χ1) is 9.56. The van der Waals surface area contributed by atoms with E-state index in [1.165, 1.54) is 36.0 Å². The van der Waals surface area contributed by atoms with Crippen molar-refractivity contribution in [1.82, 2.24) is 0 Å². The maximum atomic E-state index is 10.8. The third kappa shape index (κ3) is 2.68. The molecule has 0 amide bonds. The summed E-state index contributed by atoms with van der Waals surface area (Å²) in [6.45, 7) is 1.89. The Morgan fingerprint density at radius 3 is 2.65 bits per heavy atom. The highest BCUT2D eigenvalue weighted by atomic mass is 79.9. The molecule has 0 aliphatic heterocycles. The SMILES string of the molecule is CC(O)(Cc1ccc2c(c1)CCC2)c1ccccc1Br. The fraction of sp³-hybridized carbons (Fsp3) is 0.333. The van der Waals surface area contributed by atoms with E-state index in [9.17, 15) is 5.11 Å². The number of halogens is 1. The van der Waals surface area contributed by atoms with Crippen LogP contribution in [-0.4, -0.2) is 5.11 Å². The van der Waals surface area contributed by atoms with Gasteiger partial charge >= 0.3 is 0 Å². The fourth-order valence-corrected chi connectivity index (χ4v) is 3.84. The molecule has 1 atom stereocenters. The van der Waals surface area contributed by atoms with E-state index in [4.69, 9.17) is 0 Å². The Bertz CT molecular complexity index is 631. The van der Waals surface area contributed by atoms with Crippen molar-refractivity contribution in [3.05, 3.63) is 69.2 Å². The minimum absolute atomic E-state index is 0.642. The molecular formula is C18H19BrO. The van der Waals surface area contributed by atoms with Crippen LogP contribution in [0.1, 0.15) is 35.6 Å². The van der Waals surface area contributed by atoms with Gasteiger partial charge in [0.1, 0.15) is 0 Å². The summed E-state index contributed by atoms with van der Waals surface area (Å²) in [5.74, 6) is 0. The fourth-order valence-electron chi connectivity index (χ4n) is 3.13. The summed E-state index contributed by atoms with van der Waals surface area (Å²) < 4.78 is 0.964. The van der Waals surface area contributed by atoms with Crippen LogP contribution in [0.2, 0.25) is 0 Å². The molecule has 0 saturated carbocycles. The summed E-state index contributed by atoms with van der Waals surface area (Å²) in [4.78, 5) is 0. The van der Waals surface area contributed by atoms with Crippen molar-refractivity contribution in [2.75, 3.05) is 0 Å². The van der Waals surface area contributed by atoms with E-state index in [-0.39, 0.29) is 0 Å². The van der Waals surface area contributed by atoms with Crippen molar-refractivity contribution in [2.24, 2.45) is 0 Å². The molecule has 2 heteroatoms. The van der Waals surface area contributed by atoms with Gasteiger partial charge in [0, 0.05) is 10.9 Å². The van der Waals surface area contributed by atoms with Gasteiger partial charge in [-0.3, -0.25) is 0 Å². The summed E-state index contributed by atoms with van der Waals surface area (Å²) in [7, 11) is 0. The van der Waals surface area contributed by atoms with Gasteiger partial charge in [0.05, 0.1) is 5.60 Å². The predicted molar refractivity (Wildman–Crippen MR) is 85.9 cm³/mol. The topological polar surface area (TPSA) is 20.2 Å². The van der Waals surface area contributed by atoms with Crippen molar-refractivity contribution in [3.8, 4) is 0 Å². The lowest BCUT2D eigenvalue weighted by Crippen LogP contribution is -2.24. The second kappa shape index (κ2) is 5.34. The molecule has 0 heterocycles. The first-order valence-corrected chi connectivity index (χ1v) is 7.94. The van der Waals surface area contributed by atoms with E-state index in [1.54, 1.807) is 0 Å². The van der Waals surface area contributed by atoms with E-state index < -0.39 is 5.60 Å². The number of aliphatic hydroxyl groups is 1. The van der Waals surface area contributed by atoms with Gasteiger partial charge in [-0.2, -0.15) is 0 Å². The smallest absolute Gasteiger partial charge is 0.0919 e. The van der Waals surface area contributed by atoms with Gasteiger partial charge in [-0.25, -0.2) is 0 Å². The van der Waals surface area contributed by atoms with Crippen molar-refractivity contribution in [1.29, 1.82) is 0 Å². The van der Waals surface area contributed by atoms with Crippen LogP contribution >= 0.6 is 15.9 Å². The second-order valence-corrected chi connectivity index (χ2v) is 6.74. The Kier molecular flexibility index (Phi) is 3.70. The quantitative estimate of drug-likeness (QED) is 0.884. The maximum absolute atomic E-state index is 10.8. The summed E-state index contributed by atoms with van der Waals surface area (Å²) in [5.41, 5.74) is 4.25. The van der Waals surface area contributed by atoms with Crippen molar-refractivity contribution in [2.45, 2.75) is 38.2 Å². The van der Waals surface area contributed by atoms with Crippen LogP contribution in [0.15, 0.2) is 46.9 Å². The van der Waals surface area contributed by atoms with Crippen LogP contribution in [0.25, 0.3) is 0 Å². The molecule has 1 aliphatic carbocycles. The van der Waals surface area contributed by atoms with Gasteiger partial charge in [-0.15, -0.1) is 0 Å². The molecule has 104 valence electrons. The first kappa shape index (κ1) is 13.8. The largest absolute Gasteiger partial charge is 0.385 e. The maximum Gasteiger partial charge on any atom is 0.0919 e. The van der Waals surface area contributed by atoms with Crippen LogP contribution < -0.4 is 0 Å². The molecule has 2 aromatic rings. The molecule has 0 radical (unpaired) electrons. The summed E-state index contributed by atoms with van der Waals surface area (Å²) >= 11 is 3.54. The lowest BCUT2D eigenvalue weighted by Gasteiger charge is -2.25. The molecule has 2 aromatic carbocycles. The third-order valence-corrected chi connectivity index (χ3v) is 4.86. The number of hydrogen-bond acceptors (Lipinski definition) is 1. The van der Waals surface area contributed by atoms with E-state index in [1.807, 2.05) is 31.2 Å². The monoisotopic (exact) mass is 330 g/mol. The predicted octanol–water partition coefficient (Wildman–Crippen LogP) is 4.39. The second-order valence-electron chi connectivity index (χ2n) is 5.89. The van der Waals surface area contributed by atoms with E-state index in [0.717, 1.165) is 10.0 Å². The highest BCUT2D eigenvalue weighted by Crippen LogP contribution is 2.32. The van der Waals surface area contributed by atoms with Crippen molar-refractivity contribution in [3.63, 3.8) is 0 Å². The lowest BCUT2D eigenvalue weighted by atomic mass is 9.88. The van der Waals surface area contributed by atoms with Crippen LogP contribution in [0.5, 0.6) is 0 Å². The molecule has 0 spiro atoms. The lowest BCUT2D eigenvalue weighted by molar-refractivity contribution is 0.0569. The normalized spacial score (nSPS) is 16.8. The standard InChI is InChI=1S/C18H19BrO/c1-18(20,16-7-2-3-8-17(16)19)12-13-9-10-14-5-4-6-15(14)11-13/h2-3,7-11,20H,4-6,12H2,1H3. The highest BCUT2D eigenvalue weighted by Gasteiger charge is 2.26. The molecule has 1 N–H and O–H groups in total. The number of benzene rings is 2. The Morgan fingerprint density at radius 2 is 1.85 bits per heavy atom. The van der Waals surface area contributed by atoms with E-state index in [0.29, 0.717) is 6.42 Å². The number of hydrogen-bond donors (Lipinski definition) is 1. The number of fused-ring (bicyclic) bond motifs is 1. The van der Waals surface area contributed by atoms with Crippen molar-refractivity contribution >= 4 is 15.9 Å². The van der Waals surface area contributed by atoms with Gasteiger partial charge in [0.15, 0.2) is 0 Å². The van der Waals surface area contributed by atoms with Crippen LogP contribution in [0, 0.1) is 0 Å². The zero-order valence-electron chi connectivity index (χ0n) is 11.7. The Labute approximate surface area is 128 Å². The van der Waals surface area contributed by atoms with Gasteiger partial charge in [-0.1, -0.05) is 52.3 Å². The van der Waals surface area contributed by atoms with Gasteiger partial charge in [0.25, 0.3) is 0 Å². The van der Waals surface area contributed by atoms with Crippen LogP contribution in [0.3, 0.4) is 0 Å². The average Bonchev–Trinajstić information content (AvgIpc) is 2.86. The van der Waals surface area contributed by atoms with Gasteiger partial charge in [-0.05, 0) is 54.5 Å². The molecule has 0 bridgehead atoms. The number of rotatable bonds is 3. The first-order valence-electron chi connectivity index (χ1n) is 7.14. The molecule has 1 aliphatic rings. The molecule has 20 heavy (non-hydrogen) atoms. The zero-order chi connectivity index (χ0) is 14.2. The van der Waals surface area contributed by atoms with E-state index in [2.05, 4.69) is 34.1 Å². The summed E-state index contributed by atoms with van der Waals surface area (Å²) in [6.07, 6.45) is 4.29. The van der Waals surface area contributed by atoms with Crippen LogP contribution in [-0.2, 0) is 24.9 Å². The van der Waals surface area contributed by atoms with Gasteiger partial charge < -0.3 is 5.11 Å².